The van der Waals surface area contributed by atoms with Crippen molar-refractivity contribution in [2.45, 2.75) is 19.3 Å². The summed E-state index contributed by atoms with van der Waals surface area (Å²) in [7, 11) is 0. The average Bonchev–Trinajstić information content (AvgIpc) is 3.12. The number of piperidine rings is 1. The van der Waals surface area contributed by atoms with Crippen LogP contribution in [0.2, 0.25) is 5.28 Å². The third-order valence-electron chi connectivity index (χ3n) is 5.56. The van der Waals surface area contributed by atoms with Gasteiger partial charge in [0.2, 0.25) is 11.2 Å². The molecule has 1 unspecified atom stereocenters. The maximum absolute atomic E-state index is 13.9. The number of pyridine rings is 1. The fourth-order valence-electron chi connectivity index (χ4n) is 4.08. The number of fused-ring (bicyclic) bond motifs is 1. The number of anilines is 1. The molecule has 142 valence electrons. The van der Waals surface area contributed by atoms with E-state index >= 15 is 0 Å². The van der Waals surface area contributed by atoms with E-state index in [-0.39, 0.29) is 11.2 Å². The Morgan fingerprint density at radius 3 is 2.78 bits per heavy atom. The predicted molar refractivity (Wildman–Crippen MR) is 99.9 cm³/mol. The molecule has 4 rings (SSSR count). The van der Waals surface area contributed by atoms with Crippen LogP contribution in [-0.2, 0) is 11.2 Å². The second kappa shape index (κ2) is 7.76. The van der Waals surface area contributed by atoms with Crippen molar-refractivity contribution in [2.24, 2.45) is 17.8 Å². The zero-order valence-electron chi connectivity index (χ0n) is 14.8. The minimum absolute atomic E-state index is 0.0676. The Morgan fingerprint density at radius 2 is 2.04 bits per heavy atom. The number of carbonyl (C=O) groups is 1. The first-order valence-corrected chi connectivity index (χ1v) is 9.58. The van der Waals surface area contributed by atoms with E-state index in [9.17, 15) is 9.18 Å². The van der Waals surface area contributed by atoms with Crippen molar-refractivity contribution in [1.82, 2.24) is 20.3 Å². The van der Waals surface area contributed by atoms with E-state index in [0.717, 1.165) is 37.7 Å². The van der Waals surface area contributed by atoms with Crippen molar-refractivity contribution in [2.75, 3.05) is 24.5 Å². The summed E-state index contributed by atoms with van der Waals surface area (Å²) >= 11 is 5.78. The van der Waals surface area contributed by atoms with Crippen LogP contribution in [0.1, 0.15) is 18.4 Å². The largest absolute Gasteiger partial charge is 0.356 e. The van der Waals surface area contributed by atoms with Gasteiger partial charge in [-0.3, -0.25) is 9.78 Å². The van der Waals surface area contributed by atoms with Crippen molar-refractivity contribution < 1.29 is 9.18 Å². The zero-order chi connectivity index (χ0) is 18.8. The van der Waals surface area contributed by atoms with Crippen LogP contribution in [0.5, 0.6) is 0 Å². The highest BCUT2D eigenvalue weighted by atomic mass is 35.5. The number of hydrogen-bond acceptors (Lipinski definition) is 5. The molecule has 0 aromatic carbocycles. The minimum Gasteiger partial charge on any atom is -0.356 e. The van der Waals surface area contributed by atoms with Crippen LogP contribution in [0.25, 0.3) is 0 Å². The summed E-state index contributed by atoms with van der Waals surface area (Å²) in [6, 6.07) is 3.86. The second-order valence-corrected chi connectivity index (χ2v) is 7.54. The molecule has 0 radical (unpaired) electrons. The van der Waals surface area contributed by atoms with Crippen LogP contribution in [0.4, 0.5) is 10.2 Å². The highest BCUT2D eigenvalue weighted by Crippen LogP contribution is 2.54. The Hall–Kier alpha value is -2.28. The molecule has 8 heteroatoms. The highest BCUT2D eigenvalue weighted by Gasteiger charge is 2.55. The molecular formula is C19H21ClFN5O. The number of rotatable bonds is 7. The highest BCUT2D eigenvalue weighted by molar-refractivity contribution is 6.28. The molecule has 3 heterocycles. The van der Waals surface area contributed by atoms with Crippen LogP contribution in [0.15, 0.2) is 30.7 Å². The summed E-state index contributed by atoms with van der Waals surface area (Å²) in [6.45, 7) is 2.27. The molecule has 2 aromatic rings. The van der Waals surface area contributed by atoms with Gasteiger partial charge in [-0.05, 0) is 59.9 Å². The molecule has 27 heavy (non-hydrogen) atoms. The van der Waals surface area contributed by atoms with Gasteiger partial charge < -0.3 is 10.2 Å². The summed E-state index contributed by atoms with van der Waals surface area (Å²) in [5.41, 5.74) is 1.12. The van der Waals surface area contributed by atoms with E-state index in [1.165, 1.54) is 0 Å². The molecule has 1 aliphatic carbocycles. The first-order chi connectivity index (χ1) is 13.1. The summed E-state index contributed by atoms with van der Waals surface area (Å²) in [4.78, 5) is 25.6. The minimum atomic E-state index is -0.432. The third kappa shape index (κ3) is 4.18. The van der Waals surface area contributed by atoms with Gasteiger partial charge in [0.1, 0.15) is 0 Å². The molecule has 1 amide bonds. The quantitative estimate of drug-likeness (QED) is 0.737. The van der Waals surface area contributed by atoms with Gasteiger partial charge in [-0.15, -0.1) is 0 Å². The van der Waals surface area contributed by atoms with Gasteiger partial charge in [0.25, 0.3) is 0 Å². The normalized spacial score (nSPS) is 23.2. The van der Waals surface area contributed by atoms with Gasteiger partial charge in [-0.25, -0.2) is 9.37 Å². The second-order valence-electron chi connectivity index (χ2n) is 7.20. The molecule has 3 atom stereocenters. The van der Waals surface area contributed by atoms with Crippen molar-refractivity contribution >= 4 is 23.3 Å². The number of nitrogens with zero attached hydrogens (tertiary/aromatic N) is 4. The Labute approximate surface area is 162 Å². The van der Waals surface area contributed by atoms with E-state index in [1.54, 1.807) is 12.4 Å². The van der Waals surface area contributed by atoms with Crippen LogP contribution in [0, 0.1) is 23.6 Å². The Kier molecular flexibility index (Phi) is 5.20. The predicted octanol–water partition coefficient (Wildman–Crippen LogP) is 2.49. The molecule has 1 N–H and O–H groups in total. The lowest BCUT2D eigenvalue weighted by atomic mass is 10.1. The van der Waals surface area contributed by atoms with Crippen molar-refractivity contribution in [3.8, 4) is 0 Å². The molecular weight excluding hydrogens is 369 g/mol. The van der Waals surface area contributed by atoms with Gasteiger partial charge in [-0.1, -0.05) is 0 Å². The fraction of sp³-hybridized carbons (Fsp3) is 0.474. The lowest BCUT2D eigenvalue weighted by Gasteiger charge is -2.21. The monoisotopic (exact) mass is 389 g/mol. The zero-order valence-corrected chi connectivity index (χ0v) is 15.6. The van der Waals surface area contributed by atoms with Crippen LogP contribution < -0.4 is 10.2 Å². The lowest BCUT2D eigenvalue weighted by Crippen LogP contribution is -2.28. The molecule has 1 saturated heterocycles. The lowest BCUT2D eigenvalue weighted by molar-refractivity contribution is -0.121. The van der Waals surface area contributed by atoms with Crippen molar-refractivity contribution in [1.29, 1.82) is 0 Å². The molecule has 0 bridgehead atoms. The van der Waals surface area contributed by atoms with Crippen LogP contribution in [0.3, 0.4) is 0 Å². The molecule has 0 spiro atoms. The van der Waals surface area contributed by atoms with Gasteiger partial charge >= 0.3 is 0 Å². The number of hydrogen-bond donors (Lipinski definition) is 1. The Balaban J connectivity index is 1.16. The van der Waals surface area contributed by atoms with Crippen LogP contribution in [-0.4, -0.2) is 40.5 Å². The number of aryl methyl sites for hydroxylation is 1. The van der Waals surface area contributed by atoms with Crippen molar-refractivity contribution in [3.63, 3.8) is 0 Å². The van der Waals surface area contributed by atoms with Crippen LogP contribution >= 0.6 is 11.6 Å². The third-order valence-corrected chi connectivity index (χ3v) is 5.74. The molecule has 1 saturated carbocycles. The average molecular weight is 390 g/mol. The number of carbonyl (C=O) groups excluding carboxylic acids is 1. The maximum atomic E-state index is 13.9. The first kappa shape index (κ1) is 18.1. The maximum Gasteiger partial charge on any atom is 0.224 e. The standard InChI is InChI=1S/C19H21ClFN5O/c20-19-24-9-16(21)18(25-19)26-10-14-13(15(14)11-26)5-8-23-17(27)2-1-12-3-6-22-7-4-12/h3-4,6-7,9,13-15H,1-2,5,8,10-11H2,(H,23,27)/t13?,14-,15+. The fourth-order valence-corrected chi connectivity index (χ4v) is 4.21. The van der Waals surface area contributed by atoms with E-state index in [4.69, 9.17) is 11.6 Å². The molecule has 2 aliphatic rings. The SMILES string of the molecule is O=C(CCc1ccncc1)NCCC1[C@H]2CN(c3nc(Cl)ncc3F)C[C@@H]12. The summed E-state index contributed by atoms with van der Waals surface area (Å²) in [5.74, 6) is 1.64. The molecule has 1 aliphatic heterocycles. The number of aromatic nitrogens is 3. The van der Waals surface area contributed by atoms with E-state index in [1.807, 2.05) is 17.0 Å². The Bertz CT molecular complexity index is 809. The van der Waals surface area contributed by atoms with Gasteiger partial charge in [0.15, 0.2) is 11.6 Å². The summed E-state index contributed by atoms with van der Waals surface area (Å²) in [5, 5.41) is 3.07. The summed E-state index contributed by atoms with van der Waals surface area (Å²) < 4.78 is 13.9. The van der Waals surface area contributed by atoms with E-state index in [2.05, 4.69) is 20.3 Å². The molecule has 6 nitrogen and oxygen atoms in total. The van der Waals surface area contributed by atoms with Gasteiger partial charge in [0, 0.05) is 38.4 Å². The first-order valence-electron chi connectivity index (χ1n) is 9.20. The van der Waals surface area contributed by atoms with E-state index < -0.39 is 5.82 Å². The van der Waals surface area contributed by atoms with Crippen molar-refractivity contribution in [3.05, 3.63) is 47.4 Å². The van der Waals surface area contributed by atoms with Gasteiger partial charge in [0.05, 0.1) is 6.20 Å². The molecule has 2 fully saturated rings. The summed E-state index contributed by atoms with van der Waals surface area (Å²) in [6.07, 6.45) is 6.78. The number of nitrogens with one attached hydrogen (secondary N) is 1. The Morgan fingerprint density at radius 1 is 1.30 bits per heavy atom. The number of amides is 1. The van der Waals surface area contributed by atoms with Gasteiger partial charge in [-0.2, -0.15) is 4.98 Å². The number of halogens is 2. The smallest absolute Gasteiger partial charge is 0.224 e. The van der Waals surface area contributed by atoms with E-state index in [0.29, 0.717) is 36.5 Å². The topological polar surface area (TPSA) is 71.0 Å². The molecule has 2 aromatic heterocycles.